The van der Waals surface area contributed by atoms with Gasteiger partial charge in [0, 0.05) is 19.3 Å². The molecule has 3 atom stereocenters. The van der Waals surface area contributed by atoms with Gasteiger partial charge in [-0.05, 0) is 51.0 Å². The molecule has 0 aromatic carbocycles. The van der Waals surface area contributed by atoms with E-state index in [2.05, 4.69) is 19.2 Å². The van der Waals surface area contributed by atoms with Gasteiger partial charge >= 0.3 is 0 Å². The second-order valence-electron chi connectivity index (χ2n) is 6.42. The minimum absolute atomic E-state index is 0.152. The monoisotopic (exact) mass is 303 g/mol. The number of hydrogen-bond acceptors (Lipinski definition) is 4. The first-order valence-electron chi connectivity index (χ1n) is 8.09. The van der Waals surface area contributed by atoms with E-state index >= 15 is 0 Å². The van der Waals surface area contributed by atoms with Crippen LogP contribution in [0.2, 0.25) is 0 Å². The standard InChI is InChI=1S/C15H29NO3S/c1-3-8-16-14-5-4-12(2)11-15(14)20(17,18)13-6-9-19-10-7-13/h12-16H,3-11H2,1-2H3. The Labute approximate surface area is 123 Å². The van der Waals surface area contributed by atoms with E-state index < -0.39 is 9.84 Å². The Balaban J connectivity index is 2.11. The Bertz CT molecular complexity index is 388. The molecule has 0 aromatic heterocycles. The summed E-state index contributed by atoms with van der Waals surface area (Å²) in [6.45, 7) is 6.42. The molecule has 4 nitrogen and oxygen atoms in total. The SMILES string of the molecule is CCCNC1CCC(C)CC1S(=O)(=O)C1CCOCC1. The molecule has 2 fully saturated rings. The second kappa shape index (κ2) is 7.23. The lowest BCUT2D eigenvalue weighted by Gasteiger charge is -2.37. The normalized spacial score (nSPS) is 33.2. The fourth-order valence-corrected chi connectivity index (χ4v) is 6.14. The Hall–Kier alpha value is -0.130. The molecule has 20 heavy (non-hydrogen) atoms. The van der Waals surface area contributed by atoms with E-state index in [1.807, 2.05) is 0 Å². The molecule has 1 aliphatic carbocycles. The molecule has 118 valence electrons. The third-order valence-corrected chi connectivity index (χ3v) is 7.53. The lowest BCUT2D eigenvalue weighted by Crippen LogP contribution is -2.51. The number of nitrogens with one attached hydrogen (secondary N) is 1. The summed E-state index contributed by atoms with van der Waals surface area (Å²) in [5, 5.41) is 3.10. The number of rotatable bonds is 5. The zero-order valence-corrected chi connectivity index (χ0v) is 13.6. The maximum Gasteiger partial charge on any atom is 0.157 e. The third kappa shape index (κ3) is 3.74. The predicted octanol–water partition coefficient (Wildman–Crippen LogP) is 2.14. The molecule has 2 aliphatic rings. The van der Waals surface area contributed by atoms with E-state index in [0.717, 1.165) is 32.2 Å². The van der Waals surface area contributed by atoms with E-state index in [1.54, 1.807) is 0 Å². The summed E-state index contributed by atoms with van der Waals surface area (Å²) in [4.78, 5) is 0. The fourth-order valence-electron chi connectivity index (χ4n) is 3.51. The highest BCUT2D eigenvalue weighted by Gasteiger charge is 2.42. The van der Waals surface area contributed by atoms with Crippen LogP contribution in [0.1, 0.15) is 52.4 Å². The Kier molecular flexibility index (Phi) is 5.87. The van der Waals surface area contributed by atoms with E-state index in [0.29, 0.717) is 32.0 Å². The first-order chi connectivity index (χ1) is 9.55. The maximum absolute atomic E-state index is 13.0. The van der Waals surface area contributed by atoms with Gasteiger partial charge in [-0.3, -0.25) is 0 Å². The summed E-state index contributed by atoms with van der Waals surface area (Å²) in [6, 6.07) is 0.152. The minimum atomic E-state index is -3.04. The number of sulfone groups is 1. The summed E-state index contributed by atoms with van der Waals surface area (Å²) in [5.74, 6) is 0.522. The first-order valence-corrected chi connectivity index (χ1v) is 9.70. The van der Waals surface area contributed by atoms with Gasteiger partial charge in [0.1, 0.15) is 0 Å². The molecule has 0 radical (unpaired) electrons. The van der Waals surface area contributed by atoms with Gasteiger partial charge in [-0.1, -0.05) is 13.8 Å². The molecular weight excluding hydrogens is 274 g/mol. The molecule has 0 aromatic rings. The Morgan fingerprint density at radius 2 is 1.85 bits per heavy atom. The summed E-state index contributed by atoms with van der Waals surface area (Å²) in [6.07, 6.45) is 5.36. The zero-order chi connectivity index (χ0) is 14.6. The fraction of sp³-hybridized carbons (Fsp3) is 1.00. The molecule has 5 heteroatoms. The van der Waals surface area contributed by atoms with Crippen molar-refractivity contribution in [2.24, 2.45) is 5.92 Å². The highest BCUT2D eigenvalue weighted by atomic mass is 32.2. The summed E-state index contributed by atoms with van der Waals surface area (Å²) >= 11 is 0. The molecule has 1 heterocycles. The van der Waals surface area contributed by atoms with Crippen molar-refractivity contribution < 1.29 is 13.2 Å². The third-order valence-electron chi connectivity index (χ3n) is 4.77. The van der Waals surface area contributed by atoms with Crippen LogP contribution < -0.4 is 5.32 Å². The molecule has 0 bridgehead atoms. The Morgan fingerprint density at radius 1 is 1.15 bits per heavy atom. The zero-order valence-electron chi connectivity index (χ0n) is 12.8. The molecule has 1 aliphatic heterocycles. The summed E-state index contributed by atoms with van der Waals surface area (Å²) in [7, 11) is -3.04. The van der Waals surface area contributed by atoms with Crippen molar-refractivity contribution in [2.75, 3.05) is 19.8 Å². The molecule has 1 N–H and O–H groups in total. The lowest BCUT2D eigenvalue weighted by atomic mass is 9.87. The van der Waals surface area contributed by atoms with Crippen LogP contribution in [-0.4, -0.2) is 44.7 Å². The van der Waals surface area contributed by atoms with E-state index in [1.165, 1.54) is 0 Å². The molecule has 1 saturated carbocycles. The van der Waals surface area contributed by atoms with Gasteiger partial charge in [-0.2, -0.15) is 0 Å². The maximum atomic E-state index is 13.0. The second-order valence-corrected chi connectivity index (χ2v) is 8.87. The van der Waals surface area contributed by atoms with E-state index in [4.69, 9.17) is 4.74 Å². The van der Waals surface area contributed by atoms with Gasteiger partial charge in [0.15, 0.2) is 9.84 Å². The molecule has 1 saturated heterocycles. The van der Waals surface area contributed by atoms with Gasteiger partial charge in [-0.15, -0.1) is 0 Å². The molecule has 2 rings (SSSR count). The van der Waals surface area contributed by atoms with Crippen molar-refractivity contribution in [2.45, 2.75) is 68.9 Å². The quantitative estimate of drug-likeness (QED) is 0.845. The number of ether oxygens (including phenoxy) is 1. The molecule has 0 amide bonds. The number of hydrogen-bond donors (Lipinski definition) is 1. The van der Waals surface area contributed by atoms with Crippen molar-refractivity contribution in [3.8, 4) is 0 Å². The average Bonchev–Trinajstić information content (AvgIpc) is 2.47. The van der Waals surface area contributed by atoms with Crippen molar-refractivity contribution in [1.29, 1.82) is 0 Å². The molecule has 3 unspecified atom stereocenters. The van der Waals surface area contributed by atoms with Crippen molar-refractivity contribution in [3.63, 3.8) is 0 Å². The van der Waals surface area contributed by atoms with Crippen LogP contribution in [0.25, 0.3) is 0 Å². The molecule has 0 spiro atoms. The average molecular weight is 303 g/mol. The van der Waals surface area contributed by atoms with E-state index in [-0.39, 0.29) is 16.5 Å². The van der Waals surface area contributed by atoms with Crippen LogP contribution in [0.5, 0.6) is 0 Å². The largest absolute Gasteiger partial charge is 0.381 e. The highest BCUT2D eigenvalue weighted by molar-refractivity contribution is 7.92. The van der Waals surface area contributed by atoms with Gasteiger partial charge in [0.25, 0.3) is 0 Å². The van der Waals surface area contributed by atoms with Gasteiger partial charge in [0.2, 0.25) is 0 Å². The summed E-state index contributed by atoms with van der Waals surface area (Å²) in [5.41, 5.74) is 0. The van der Waals surface area contributed by atoms with Crippen LogP contribution in [-0.2, 0) is 14.6 Å². The minimum Gasteiger partial charge on any atom is -0.381 e. The molecular formula is C15H29NO3S. The van der Waals surface area contributed by atoms with Crippen molar-refractivity contribution in [1.82, 2.24) is 5.32 Å². The smallest absolute Gasteiger partial charge is 0.157 e. The van der Waals surface area contributed by atoms with Gasteiger partial charge < -0.3 is 10.1 Å². The topological polar surface area (TPSA) is 55.4 Å². The van der Waals surface area contributed by atoms with Gasteiger partial charge in [-0.25, -0.2) is 8.42 Å². The van der Waals surface area contributed by atoms with Crippen molar-refractivity contribution in [3.05, 3.63) is 0 Å². The van der Waals surface area contributed by atoms with Crippen LogP contribution in [0.3, 0.4) is 0 Å². The van der Waals surface area contributed by atoms with Gasteiger partial charge in [0.05, 0.1) is 10.5 Å². The van der Waals surface area contributed by atoms with Crippen LogP contribution in [0, 0.1) is 5.92 Å². The Morgan fingerprint density at radius 3 is 2.50 bits per heavy atom. The predicted molar refractivity (Wildman–Crippen MR) is 81.6 cm³/mol. The highest BCUT2D eigenvalue weighted by Crippen LogP contribution is 2.33. The lowest BCUT2D eigenvalue weighted by molar-refractivity contribution is 0.0979. The van der Waals surface area contributed by atoms with E-state index in [9.17, 15) is 8.42 Å². The van der Waals surface area contributed by atoms with Crippen LogP contribution >= 0.6 is 0 Å². The summed E-state index contributed by atoms with van der Waals surface area (Å²) < 4.78 is 31.2. The van der Waals surface area contributed by atoms with Crippen LogP contribution in [0.4, 0.5) is 0 Å². The van der Waals surface area contributed by atoms with Crippen LogP contribution in [0.15, 0.2) is 0 Å². The van der Waals surface area contributed by atoms with Crippen molar-refractivity contribution >= 4 is 9.84 Å². The first kappa shape index (κ1) is 16.2.